The van der Waals surface area contributed by atoms with Crippen LogP contribution in [0.25, 0.3) is 6.08 Å². The Morgan fingerprint density at radius 2 is 2.08 bits per heavy atom. The van der Waals surface area contributed by atoms with E-state index in [0.717, 1.165) is 17.5 Å². The summed E-state index contributed by atoms with van der Waals surface area (Å²) in [6.45, 7) is 13.3. The highest BCUT2D eigenvalue weighted by atomic mass is 16.1. The molecule has 1 heterocycles. The van der Waals surface area contributed by atoms with Crippen molar-refractivity contribution in [1.29, 1.82) is 5.26 Å². The lowest BCUT2D eigenvalue weighted by Crippen LogP contribution is -2.51. The van der Waals surface area contributed by atoms with Crippen LogP contribution in [-0.2, 0) is 4.79 Å². The van der Waals surface area contributed by atoms with Gasteiger partial charge in [0.05, 0.1) is 0 Å². The van der Waals surface area contributed by atoms with Gasteiger partial charge in [0.15, 0.2) is 0 Å². The van der Waals surface area contributed by atoms with E-state index in [4.69, 9.17) is 0 Å². The zero-order valence-corrected chi connectivity index (χ0v) is 16.4. The van der Waals surface area contributed by atoms with Gasteiger partial charge in [-0.2, -0.15) is 5.26 Å². The van der Waals surface area contributed by atoms with Crippen molar-refractivity contribution >= 4 is 17.7 Å². The number of likely N-dealkylation sites (N-methyl/N-ethyl adjacent to an activating group) is 1. The van der Waals surface area contributed by atoms with Crippen molar-refractivity contribution in [1.82, 2.24) is 5.32 Å². The standard InChI is InChI=1S/C21H29N3O/c1-13(2)24-19-8-14(3)16(9-17(12-22)20(25)23-7)10-18(19)15(4)11-21(24,5)6/h8-10,13,15H,11H2,1-7H3,(H,23,25)/b17-9-. The van der Waals surface area contributed by atoms with E-state index in [1.165, 1.54) is 18.3 Å². The molecular formula is C21H29N3O. The summed E-state index contributed by atoms with van der Waals surface area (Å²) in [6, 6.07) is 6.76. The molecule has 1 aromatic rings. The molecule has 1 aromatic carbocycles. The molecule has 1 amide bonds. The van der Waals surface area contributed by atoms with Crippen molar-refractivity contribution in [3.05, 3.63) is 34.4 Å². The van der Waals surface area contributed by atoms with Crippen molar-refractivity contribution in [3.63, 3.8) is 0 Å². The largest absolute Gasteiger partial charge is 0.364 e. The number of rotatable bonds is 3. The molecule has 25 heavy (non-hydrogen) atoms. The number of carbonyl (C=O) groups is 1. The van der Waals surface area contributed by atoms with Crippen LogP contribution < -0.4 is 10.2 Å². The maximum absolute atomic E-state index is 11.8. The van der Waals surface area contributed by atoms with Crippen molar-refractivity contribution < 1.29 is 4.79 Å². The second-order valence-corrected chi connectivity index (χ2v) is 7.90. The van der Waals surface area contributed by atoms with Gasteiger partial charge in [-0.1, -0.05) is 6.92 Å². The molecule has 0 radical (unpaired) electrons. The zero-order valence-electron chi connectivity index (χ0n) is 16.4. The lowest BCUT2D eigenvalue weighted by molar-refractivity contribution is -0.116. The summed E-state index contributed by atoms with van der Waals surface area (Å²) in [5.41, 5.74) is 4.81. The smallest absolute Gasteiger partial charge is 0.261 e. The van der Waals surface area contributed by atoms with Gasteiger partial charge in [-0.05, 0) is 81.9 Å². The molecule has 1 aliphatic heterocycles. The minimum atomic E-state index is -0.349. The highest BCUT2D eigenvalue weighted by molar-refractivity contribution is 6.01. The van der Waals surface area contributed by atoms with Crippen LogP contribution in [0, 0.1) is 18.3 Å². The lowest BCUT2D eigenvalue weighted by Gasteiger charge is -2.50. The molecule has 0 saturated heterocycles. The summed E-state index contributed by atoms with van der Waals surface area (Å²) in [7, 11) is 1.54. The maximum atomic E-state index is 11.8. The van der Waals surface area contributed by atoms with Gasteiger partial charge in [0, 0.05) is 24.3 Å². The fourth-order valence-electron chi connectivity index (χ4n) is 4.19. The Morgan fingerprint density at radius 3 is 2.60 bits per heavy atom. The van der Waals surface area contributed by atoms with Gasteiger partial charge in [-0.15, -0.1) is 0 Å². The number of nitrogens with one attached hydrogen (secondary N) is 1. The molecule has 1 N–H and O–H groups in total. The number of nitriles is 1. The summed E-state index contributed by atoms with van der Waals surface area (Å²) in [4.78, 5) is 14.3. The first-order valence-corrected chi connectivity index (χ1v) is 8.90. The second kappa shape index (κ2) is 6.92. The van der Waals surface area contributed by atoms with Crippen molar-refractivity contribution in [2.24, 2.45) is 0 Å². The summed E-state index contributed by atoms with van der Waals surface area (Å²) in [6.07, 6.45) is 2.77. The number of carbonyl (C=O) groups excluding carboxylic acids is 1. The molecule has 0 spiro atoms. The first-order valence-electron chi connectivity index (χ1n) is 8.90. The molecule has 1 unspecified atom stereocenters. The lowest BCUT2D eigenvalue weighted by atomic mass is 9.78. The summed E-state index contributed by atoms with van der Waals surface area (Å²) >= 11 is 0. The highest BCUT2D eigenvalue weighted by Crippen LogP contribution is 2.45. The fourth-order valence-corrected chi connectivity index (χ4v) is 4.19. The summed E-state index contributed by atoms with van der Waals surface area (Å²) in [5.74, 6) is 0.0795. The van der Waals surface area contributed by atoms with Gasteiger partial charge in [-0.25, -0.2) is 0 Å². The Morgan fingerprint density at radius 1 is 1.44 bits per heavy atom. The Bertz CT molecular complexity index is 753. The van der Waals surface area contributed by atoms with Gasteiger partial charge < -0.3 is 10.2 Å². The van der Waals surface area contributed by atoms with Crippen LogP contribution >= 0.6 is 0 Å². The van der Waals surface area contributed by atoms with Crippen LogP contribution in [0.15, 0.2) is 17.7 Å². The van der Waals surface area contributed by atoms with Crippen LogP contribution in [0.5, 0.6) is 0 Å². The van der Waals surface area contributed by atoms with Gasteiger partial charge in [-0.3, -0.25) is 4.79 Å². The quantitative estimate of drug-likeness (QED) is 0.665. The van der Waals surface area contributed by atoms with Crippen LogP contribution in [0.1, 0.15) is 63.6 Å². The molecule has 1 aliphatic rings. The summed E-state index contributed by atoms with van der Waals surface area (Å²) < 4.78 is 0. The van der Waals surface area contributed by atoms with E-state index >= 15 is 0 Å². The normalized spacial score (nSPS) is 19.4. The van der Waals surface area contributed by atoms with Crippen LogP contribution in [0.3, 0.4) is 0 Å². The van der Waals surface area contributed by atoms with E-state index in [1.807, 2.05) is 13.0 Å². The number of aryl methyl sites for hydroxylation is 1. The van der Waals surface area contributed by atoms with E-state index in [1.54, 1.807) is 6.08 Å². The summed E-state index contributed by atoms with van der Waals surface area (Å²) in [5, 5.41) is 11.8. The Balaban J connectivity index is 2.62. The SMILES string of the molecule is CNC(=O)/C(C#N)=C\c1cc2c(cc1C)N(C(C)C)C(C)(C)CC2C. The van der Waals surface area contributed by atoms with Gasteiger partial charge in [0.2, 0.25) is 0 Å². The topological polar surface area (TPSA) is 56.1 Å². The average Bonchev–Trinajstić information content (AvgIpc) is 2.51. The Kier molecular flexibility index (Phi) is 5.27. The molecule has 2 rings (SSSR count). The van der Waals surface area contributed by atoms with Gasteiger partial charge in [0.25, 0.3) is 5.91 Å². The first kappa shape index (κ1) is 19.1. The molecule has 0 saturated carbocycles. The molecule has 4 nitrogen and oxygen atoms in total. The molecule has 1 atom stereocenters. The number of hydrogen-bond donors (Lipinski definition) is 1. The molecule has 4 heteroatoms. The van der Waals surface area contributed by atoms with E-state index < -0.39 is 0 Å². The molecule has 134 valence electrons. The molecule has 0 aliphatic carbocycles. The van der Waals surface area contributed by atoms with E-state index in [9.17, 15) is 10.1 Å². The zero-order chi connectivity index (χ0) is 18.9. The Labute approximate surface area is 151 Å². The Hall–Kier alpha value is -2.28. The van der Waals surface area contributed by atoms with Crippen LogP contribution in [0.4, 0.5) is 5.69 Å². The minimum absolute atomic E-state index is 0.101. The number of amides is 1. The molecular weight excluding hydrogens is 310 g/mol. The average molecular weight is 339 g/mol. The minimum Gasteiger partial charge on any atom is -0.364 e. The third-order valence-corrected chi connectivity index (χ3v) is 5.07. The monoisotopic (exact) mass is 339 g/mol. The second-order valence-electron chi connectivity index (χ2n) is 7.90. The third kappa shape index (κ3) is 3.56. The predicted molar refractivity (Wildman–Crippen MR) is 104 cm³/mol. The van der Waals surface area contributed by atoms with E-state index in [-0.39, 0.29) is 17.0 Å². The van der Waals surface area contributed by atoms with Gasteiger partial charge in [0.1, 0.15) is 11.6 Å². The van der Waals surface area contributed by atoms with Crippen molar-refractivity contribution in [2.75, 3.05) is 11.9 Å². The molecule has 0 aromatic heterocycles. The fraction of sp³-hybridized carbons (Fsp3) is 0.524. The van der Waals surface area contributed by atoms with Gasteiger partial charge >= 0.3 is 0 Å². The highest BCUT2D eigenvalue weighted by Gasteiger charge is 2.37. The molecule has 0 fully saturated rings. The predicted octanol–water partition coefficient (Wildman–Crippen LogP) is 4.15. The molecule has 0 bridgehead atoms. The number of fused-ring (bicyclic) bond motifs is 1. The number of benzene rings is 1. The van der Waals surface area contributed by atoms with E-state index in [2.05, 4.69) is 57.0 Å². The van der Waals surface area contributed by atoms with Crippen molar-refractivity contribution in [2.45, 2.75) is 65.5 Å². The van der Waals surface area contributed by atoms with E-state index in [0.29, 0.717) is 12.0 Å². The third-order valence-electron chi connectivity index (χ3n) is 5.07. The maximum Gasteiger partial charge on any atom is 0.261 e. The van der Waals surface area contributed by atoms with Crippen molar-refractivity contribution in [3.8, 4) is 6.07 Å². The number of nitrogens with zero attached hydrogens (tertiary/aromatic N) is 2. The first-order chi connectivity index (χ1) is 11.6. The van der Waals surface area contributed by atoms with Crippen LogP contribution in [-0.4, -0.2) is 24.5 Å². The number of anilines is 1. The number of hydrogen-bond acceptors (Lipinski definition) is 3. The van der Waals surface area contributed by atoms with Crippen LogP contribution in [0.2, 0.25) is 0 Å².